The van der Waals surface area contributed by atoms with E-state index < -0.39 is 28.0 Å². The Bertz CT molecular complexity index is 904. The van der Waals surface area contributed by atoms with Crippen molar-refractivity contribution in [3.63, 3.8) is 0 Å². The van der Waals surface area contributed by atoms with E-state index in [-0.39, 0.29) is 5.41 Å². The Morgan fingerprint density at radius 2 is 1.81 bits per heavy atom. The molecule has 0 aliphatic carbocycles. The molecule has 1 fully saturated rings. The maximum absolute atomic E-state index is 14.7. The molecular weight excluding hydrogens is 365 g/mol. The first-order valence-electron chi connectivity index (χ1n) is 9.01. The van der Waals surface area contributed by atoms with Crippen LogP contribution < -0.4 is 9.04 Å². The summed E-state index contributed by atoms with van der Waals surface area (Å²) in [6, 6.07) is 13.9. The highest BCUT2D eigenvalue weighted by Gasteiger charge is 2.45. The smallest absolute Gasteiger partial charge is 0.238 e. The molecule has 0 bridgehead atoms. The summed E-state index contributed by atoms with van der Waals surface area (Å²) in [5, 5.41) is 0. The third kappa shape index (κ3) is 4.10. The molecule has 6 heteroatoms. The first-order chi connectivity index (χ1) is 12.6. The Balaban J connectivity index is 1.94. The van der Waals surface area contributed by atoms with E-state index in [4.69, 9.17) is 4.74 Å². The number of sulfonamides is 1. The second-order valence-electron chi connectivity index (χ2n) is 8.01. The maximum Gasteiger partial charge on any atom is 0.238 e. The standard InChI is InChI=1S/C21H26FNO3S/c1-21(2,3)16-8-10-17(11-9-16)23-20(19(22)14-27(23,24)25)13-15-6-5-7-18(12-15)26-4/h5-12,19-20H,13-14H2,1-4H3. The molecule has 0 N–H and O–H groups in total. The van der Waals surface area contributed by atoms with Crippen LogP contribution in [0, 0.1) is 0 Å². The van der Waals surface area contributed by atoms with Crippen LogP contribution in [-0.2, 0) is 21.9 Å². The predicted molar refractivity (Wildman–Crippen MR) is 107 cm³/mol. The number of hydrogen-bond acceptors (Lipinski definition) is 3. The summed E-state index contributed by atoms with van der Waals surface area (Å²) in [5.74, 6) is 0.188. The van der Waals surface area contributed by atoms with Gasteiger partial charge in [0.1, 0.15) is 17.7 Å². The predicted octanol–water partition coefficient (Wildman–Crippen LogP) is 4.09. The molecule has 0 aromatic heterocycles. The molecule has 2 aromatic carbocycles. The highest BCUT2D eigenvalue weighted by Crippen LogP contribution is 2.34. The first-order valence-corrected chi connectivity index (χ1v) is 10.6. The van der Waals surface area contributed by atoms with Crippen molar-refractivity contribution < 1.29 is 17.5 Å². The minimum absolute atomic E-state index is 0.0367. The van der Waals surface area contributed by atoms with E-state index >= 15 is 0 Å². The van der Waals surface area contributed by atoms with Gasteiger partial charge in [-0.2, -0.15) is 0 Å². The van der Waals surface area contributed by atoms with Gasteiger partial charge in [-0.15, -0.1) is 0 Å². The Hall–Kier alpha value is -2.08. The molecule has 0 radical (unpaired) electrons. The summed E-state index contributed by atoms with van der Waals surface area (Å²) in [7, 11) is -2.13. The van der Waals surface area contributed by atoms with E-state index in [1.54, 1.807) is 19.2 Å². The molecule has 3 rings (SSSR count). The first kappa shape index (κ1) is 19.7. The molecule has 1 saturated heterocycles. The molecule has 2 aromatic rings. The zero-order valence-electron chi connectivity index (χ0n) is 16.1. The summed E-state index contributed by atoms with van der Waals surface area (Å²) < 4.78 is 46.5. The minimum atomic E-state index is -3.70. The van der Waals surface area contributed by atoms with E-state index in [2.05, 4.69) is 20.8 Å². The van der Waals surface area contributed by atoms with E-state index in [0.29, 0.717) is 17.9 Å². The number of halogens is 1. The number of nitrogens with zero attached hydrogens (tertiary/aromatic N) is 1. The van der Waals surface area contributed by atoms with Crippen LogP contribution in [0.15, 0.2) is 48.5 Å². The van der Waals surface area contributed by atoms with Crippen LogP contribution in [0.2, 0.25) is 0 Å². The number of ether oxygens (including phenoxy) is 1. The molecule has 1 aliphatic rings. The topological polar surface area (TPSA) is 46.6 Å². The molecule has 2 atom stereocenters. The Morgan fingerprint density at radius 1 is 1.15 bits per heavy atom. The second-order valence-corrected chi connectivity index (χ2v) is 9.90. The average molecular weight is 392 g/mol. The molecule has 146 valence electrons. The lowest BCUT2D eigenvalue weighted by Crippen LogP contribution is -2.37. The molecule has 27 heavy (non-hydrogen) atoms. The monoisotopic (exact) mass is 391 g/mol. The van der Waals surface area contributed by atoms with Gasteiger partial charge in [-0.1, -0.05) is 45.0 Å². The van der Waals surface area contributed by atoms with Gasteiger partial charge in [0.2, 0.25) is 10.0 Å². The second kappa shape index (κ2) is 7.15. The molecule has 1 heterocycles. The number of hydrogen-bond donors (Lipinski definition) is 0. The molecule has 2 unspecified atom stereocenters. The molecule has 0 saturated carbocycles. The van der Waals surface area contributed by atoms with Gasteiger partial charge in [0, 0.05) is 0 Å². The van der Waals surface area contributed by atoms with Crippen molar-refractivity contribution in [1.82, 2.24) is 0 Å². The largest absolute Gasteiger partial charge is 0.497 e. The normalized spacial score (nSPS) is 22.0. The number of rotatable bonds is 4. The van der Waals surface area contributed by atoms with Gasteiger partial charge in [0.05, 0.1) is 18.8 Å². The van der Waals surface area contributed by atoms with E-state index in [9.17, 15) is 12.8 Å². The van der Waals surface area contributed by atoms with Crippen molar-refractivity contribution in [2.75, 3.05) is 17.2 Å². The van der Waals surface area contributed by atoms with Gasteiger partial charge in [-0.25, -0.2) is 12.8 Å². The van der Waals surface area contributed by atoms with Crippen molar-refractivity contribution in [3.8, 4) is 5.75 Å². The van der Waals surface area contributed by atoms with Gasteiger partial charge < -0.3 is 4.74 Å². The van der Waals surface area contributed by atoms with Gasteiger partial charge in [0.25, 0.3) is 0 Å². The number of anilines is 1. The summed E-state index contributed by atoms with van der Waals surface area (Å²) in [6.45, 7) is 6.29. The number of methoxy groups -OCH3 is 1. The maximum atomic E-state index is 14.7. The lowest BCUT2D eigenvalue weighted by atomic mass is 9.87. The molecule has 0 spiro atoms. The zero-order valence-corrected chi connectivity index (χ0v) is 17.0. The van der Waals surface area contributed by atoms with Crippen LogP contribution >= 0.6 is 0 Å². The van der Waals surface area contributed by atoms with Crippen LogP contribution in [0.1, 0.15) is 31.9 Å². The van der Waals surface area contributed by atoms with Crippen LogP contribution in [0.5, 0.6) is 5.75 Å². The highest BCUT2D eigenvalue weighted by molar-refractivity contribution is 7.93. The highest BCUT2D eigenvalue weighted by atomic mass is 32.2. The van der Waals surface area contributed by atoms with Gasteiger partial charge in [-0.05, 0) is 47.2 Å². The third-order valence-corrected chi connectivity index (χ3v) is 6.78. The van der Waals surface area contributed by atoms with E-state index in [1.807, 2.05) is 36.4 Å². The van der Waals surface area contributed by atoms with Crippen LogP contribution in [-0.4, -0.2) is 33.5 Å². The van der Waals surface area contributed by atoms with Crippen LogP contribution in [0.3, 0.4) is 0 Å². The van der Waals surface area contributed by atoms with Gasteiger partial charge >= 0.3 is 0 Å². The third-order valence-electron chi connectivity index (χ3n) is 4.96. The summed E-state index contributed by atoms with van der Waals surface area (Å²) in [6.07, 6.45) is -1.15. The molecule has 1 aliphatic heterocycles. The van der Waals surface area contributed by atoms with E-state index in [1.165, 1.54) is 4.31 Å². The lowest BCUT2D eigenvalue weighted by Gasteiger charge is -2.27. The lowest BCUT2D eigenvalue weighted by molar-refractivity contribution is 0.325. The number of alkyl halides is 1. The fourth-order valence-corrected chi connectivity index (χ4v) is 5.31. The van der Waals surface area contributed by atoms with Crippen molar-refractivity contribution in [2.24, 2.45) is 0 Å². The minimum Gasteiger partial charge on any atom is -0.497 e. The number of benzene rings is 2. The SMILES string of the molecule is COc1cccc(CC2C(F)CS(=O)(=O)N2c2ccc(C(C)(C)C)cc2)c1. The molecule has 4 nitrogen and oxygen atoms in total. The summed E-state index contributed by atoms with van der Waals surface area (Å²) in [4.78, 5) is 0. The van der Waals surface area contributed by atoms with Gasteiger partial charge in [0.15, 0.2) is 0 Å². The Morgan fingerprint density at radius 3 is 2.41 bits per heavy atom. The quantitative estimate of drug-likeness (QED) is 0.789. The average Bonchev–Trinajstić information content (AvgIpc) is 2.82. The van der Waals surface area contributed by atoms with Crippen molar-refractivity contribution >= 4 is 15.7 Å². The van der Waals surface area contributed by atoms with Crippen LogP contribution in [0.4, 0.5) is 10.1 Å². The van der Waals surface area contributed by atoms with Crippen molar-refractivity contribution in [3.05, 3.63) is 59.7 Å². The van der Waals surface area contributed by atoms with Crippen molar-refractivity contribution in [1.29, 1.82) is 0 Å². The van der Waals surface area contributed by atoms with Crippen molar-refractivity contribution in [2.45, 2.75) is 44.8 Å². The summed E-state index contributed by atoms with van der Waals surface area (Å²) >= 11 is 0. The Labute approximate surface area is 161 Å². The fourth-order valence-electron chi connectivity index (χ4n) is 3.46. The Kier molecular flexibility index (Phi) is 5.21. The van der Waals surface area contributed by atoms with E-state index in [0.717, 1.165) is 11.1 Å². The molecular formula is C21H26FNO3S. The zero-order chi connectivity index (χ0) is 19.8. The van der Waals surface area contributed by atoms with Crippen LogP contribution in [0.25, 0.3) is 0 Å². The fraction of sp³-hybridized carbons (Fsp3) is 0.429. The van der Waals surface area contributed by atoms with Gasteiger partial charge in [-0.3, -0.25) is 4.31 Å². The molecule has 0 amide bonds. The summed E-state index contributed by atoms with van der Waals surface area (Å²) in [5.41, 5.74) is 2.42.